The van der Waals surface area contributed by atoms with Gasteiger partial charge in [0, 0.05) is 6.42 Å². The number of hydrogen-bond acceptors (Lipinski definition) is 3. The predicted molar refractivity (Wildman–Crippen MR) is 146 cm³/mol. The molecule has 3 aromatic rings. The van der Waals surface area contributed by atoms with Crippen LogP contribution in [0.3, 0.4) is 0 Å². The Labute approximate surface area is 211 Å². The van der Waals surface area contributed by atoms with Crippen molar-refractivity contribution in [2.24, 2.45) is 0 Å². The lowest BCUT2D eigenvalue weighted by Crippen LogP contribution is -2.08. The molecule has 3 aromatic carbocycles. The second kappa shape index (κ2) is 14.4. The number of hydrogen-bond donors (Lipinski definition) is 0. The van der Waals surface area contributed by atoms with E-state index in [1.165, 1.54) is 36.8 Å². The average molecular weight is 473 g/mol. The van der Waals surface area contributed by atoms with Crippen LogP contribution in [0.15, 0.2) is 72.8 Å². The van der Waals surface area contributed by atoms with Crippen molar-refractivity contribution >= 4 is 5.97 Å². The van der Waals surface area contributed by atoms with E-state index in [-0.39, 0.29) is 12.1 Å². The summed E-state index contributed by atoms with van der Waals surface area (Å²) < 4.78 is 11.5. The summed E-state index contributed by atoms with van der Waals surface area (Å²) in [7, 11) is 0. The molecule has 1 atom stereocenters. The maximum atomic E-state index is 12.0. The summed E-state index contributed by atoms with van der Waals surface area (Å²) in [4.78, 5) is 12.0. The summed E-state index contributed by atoms with van der Waals surface area (Å²) >= 11 is 0. The Balaban J connectivity index is 1.65. The van der Waals surface area contributed by atoms with Crippen LogP contribution in [0.2, 0.25) is 0 Å². The molecule has 0 amide bonds. The molecule has 0 N–H and O–H groups in total. The highest BCUT2D eigenvalue weighted by atomic mass is 16.5. The molecule has 35 heavy (non-hydrogen) atoms. The molecule has 3 nitrogen and oxygen atoms in total. The molecule has 186 valence electrons. The van der Waals surface area contributed by atoms with E-state index < -0.39 is 0 Å². The second-order valence-corrected chi connectivity index (χ2v) is 9.19. The van der Waals surface area contributed by atoms with Gasteiger partial charge in [0.25, 0.3) is 0 Å². The second-order valence-electron chi connectivity index (χ2n) is 9.19. The Bertz CT molecular complexity index is 1020. The highest BCUT2D eigenvalue weighted by Gasteiger charge is 2.13. The molecule has 0 aliphatic carbocycles. The maximum absolute atomic E-state index is 12.0. The molecular weight excluding hydrogens is 432 g/mol. The number of unbranched alkanes of at least 4 members (excludes halogenated alkanes) is 5. The number of esters is 1. The fourth-order valence-electron chi connectivity index (χ4n) is 4.19. The first kappa shape index (κ1) is 26.5. The van der Waals surface area contributed by atoms with Gasteiger partial charge in [0.15, 0.2) is 0 Å². The molecule has 0 bridgehead atoms. The standard InChI is InChI=1S/C32H40O3/c1-4-6-8-9-12-24-34-29-22-20-28(21-23-29)31-14-11-10-13-30(31)27-18-16-26(17-19-27)25(3)35-32(33)15-7-5-2/h10-11,13-14,16-23,25H,4-9,12,15,24H2,1-3H3. The lowest BCUT2D eigenvalue weighted by molar-refractivity contribution is -0.148. The van der Waals surface area contributed by atoms with Crippen molar-refractivity contribution in [2.75, 3.05) is 6.61 Å². The van der Waals surface area contributed by atoms with E-state index in [4.69, 9.17) is 9.47 Å². The molecular formula is C32H40O3. The fraction of sp³-hybridized carbons (Fsp3) is 0.406. The minimum Gasteiger partial charge on any atom is -0.494 e. The molecule has 3 heteroatoms. The number of rotatable bonds is 14. The van der Waals surface area contributed by atoms with Gasteiger partial charge in [-0.1, -0.05) is 107 Å². The Morgan fingerprint density at radius 2 is 1.29 bits per heavy atom. The molecule has 1 unspecified atom stereocenters. The minimum absolute atomic E-state index is 0.127. The summed E-state index contributed by atoms with van der Waals surface area (Å²) in [6.07, 6.45) is 8.30. The van der Waals surface area contributed by atoms with Gasteiger partial charge in [-0.25, -0.2) is 0 Å². The third-order valence-corrected chi connectivity index (χ3v) is 6.34. The van der Waals surface area contributed by atoms with Gasteiger partial charge in [0.05, 0.1) is 6.61 Å². The maximum Gasteiger partial charge on any atom is 0.306 e. The van der Waals surface area contributed by atoms with E-state index in [2.05, 4.69) is 86.6 Å². The van der Waals surface area contributed by atoms with Gasteiger partial charge in [-0.3, -0.25) is 4.79 Å². The topological polar surface area (TPSA) is 35.5 Å². The Hall–Kier alpha value is -3.07. The first-order valence-corrected chi connectivity index (χ1v) is 13.2. The van der Waals surface area contributed by atoms with Gasteiger partial charge in [-0.15, -0.1) is 0 Å². The molecule has 3 rings (SSSR count). The number of benzene rings is 3. The molecule has 0 fully saturated rings. The summed E-state index contributed by atoms with van der Waals surface area (Å²) in [5, 5.41) is 0. The zero-order valence-electron chi connectivity index (χ0n) is 21.6. The van der Waals surface area contributed by atoms with Crippen molar-refractivity contribution in [3.8, 4) is 28.0 Å². The van der Waals surface area contributed by atoms with E-state index >= 15 is 0 Å². The minimum atomic E-state index is -0.247. The van der Waals surface area contributed by atoms with E-state index in [1.807, 2.05) is 6.92 Å². The lowest BCUT2D eigenvalue weighted by Gasteiger charge is -2.15. The normalized spacial score (nSPS) is 11.7. The Morgan fingerprint density at radius 1 is 0.714 bits per heavy atom. The predicted octanol–water partition coefficient (Wildman–Crippen LogP) is 9.16. The number of ether oxygens (including phenoxy) is 2. The molecule has 0 saturated heterocycles. The van der Waals surface area contributed by atoms with Crippen LogP contribution >= 0.6 is 0 Å². The van der Waals surface area contributed by atoms with Crippen LogP contribution < -0.4 is 4.74 Å². The van der Waals surface area contributed by atoms with Gasteiger partial charge in [-0.05, 0) is 59.7 Å². The first-order valence-electron chi connectivity index (χ1n) is 13.2. The molecule has 0 aliphatic rings. The van der Waals surface area contributed by atoms with Crippen molar-refractivity contribution < 1.29 is 14.3 Å². The van der Waals surface area contributed by atoms with Crippen LogP contribution in [0.1, 0.15) is 83.8 Å². The summed E-state index contributed by atoms with van der Waals surface area (Å²) in [5.74, 6) is 0.797. The molecule has 0 heterocycles. The van der Waals surface area contributed by atoms with Crippen molar-refractivity contribution in [3.63, 3.8) is 0 Å². The van der Waals surface area contributed by atoms with Gasteiger partial charge in [0.2, 0.25) is 0 Å². The Kier molecular flexibility index (Phi) is 10.9. The van der Waals surface area contributed by atoms with E-state index in [0.29, 0.717) is 6.42 Å². The third kappa shape index (κ3) is 8.28. The van der Waals surface area contributed by atoms with Crippen molar-refractivity contribution in [1.82, 2.24) is 0 Å². The molecule has 0 radical (unpaired) electrons. The van der Waals surface area contributed by atoms with Crippen molar-refractivity contribution in [1.29, 1.82) is 0 Å². The Morgan fingerprint density at radius 3 is 1.89 bits per heavy atom. The summed E-state index contributed by atoms with van der Waals surface area (Å²) in [5.41, 5.74) is 5.67. The average Bonchev–Trinajstić information content (AvgIpc) is 2.90. The molecule has 0 aliphatic heterocycles. The summed E-state index contributed by atoms with van der Waals surface area (Å²) in [6, 6.07) is 25.2. The van der Waals surface area contributed by atoms with Crippen LogP contribution in [-0.4, -0.2) is 12.6 Å². The number of carbonyl (C=O) groups is 1. The molecule has 0 spiro atoms. The monoisotopic (exact) mass is 472 g/mol. The third-order valence-electron chi connectivity index (χ3n) is 6.34. The van der Waals surface area contributed by atoms with Gasteiger partial charge in [0.1, 0.15) is 11.9 Å². The highest BCUT2D eigenvalue weighted by molar-refractivity contribution is 5.83. The molecule has 0 saturated carbocycles. The zero-order chi connectivity index (χ0) is 24.9. The van der Waals surface area contributed by atoms with Gasteiger partial charge >= 0.3 is 5.97 Å². The van der Waals surface area contributed by atoms with Crippen LogP contribution in [0.4, 0.5) is 0 Å². The van der Waals surface area contributed by atoms with Gasteiger partial charge < -0.3 is 9.47 Å². The summed E-state index contributed by atoms with van der Waals surface area (Å²) in [6.45, 7) is 7.02. The fourth-order valence-corrected chi connectivity index (χ4v) is 4.19. The SMILES string of the molecule is CCCCCCCOc1ccc(-c2ccccc2-c2ccc(C(C)OC(=O)CCCC)cc2)cc1. The number of carbonyl (C=O) groups excluding carboxylic acids is 1. The largest absolute Gasteiger partial charge is 0.494 e. The van der Waals surface area contributed by atoms with E-state index in [9.17, 15) is 4.79 Å². The van der Waals surface area contributed by atoms with Gasteiger partial charge in [-0.2, -0.15) is 0 Å². The van der Waals surface area contributed by atoms with Crippen LogP contribution in [0.25, 0.3) is 22.3 Å². The lowest BCUT2D eigenvalue weighted by atomic mass is 9.94. The highest BCUT2D eigenvalue weighted by Crippen LogP contribution is 2.33. The smallest absolute Gasteiger partial charge is 0.306 e. The van der Waals surface area contributed by atoms with E-state index in [1.54, 1.807) is 0 Å². The quantitative estimate of drug-likeness (QED) is 0.173. The van der Waals surface area contributed by atoms with Crippen LogP contribution in [0.5, 0.6) is 5.75 Å². The van der Waals surface area contributed by atoms with Crippen molar-refractivity contribution in [3.05, 3.63) is 78.4 Å². The van der Waals surface area contributed by atoms with Crippen LogP contribution in [-0.2, 0) is 9.53 Å². The van der Waals surface area contributed by atoms with Crippen molar-refractivity contribution in [2.45, 2.75) is 78.2 Å². The van der Waals surface area contributed by atoms with E-state index in [0.717, 1.165) is 48.3 Å². The molecule has 0 aromatic heterocycles. The van der Waals surface area contributed by atoms with Crippen LogP contribution in [0, 0.1) is 0 Å². The zero-order valence-corrected chi connectivity index (χ0v) is 21.6. The first-order chi connectivity index (χ1) is 17.1.